The second kappa shape index (κ2) is 8.77. The van der Waals surface area contributed by atoms with Crippen LogP contribution in [-0.2, 0) is 4.79 Å². The topological polar surface area (TPSA) is 76.4 Å². The first-order valence-electron chi connectivity index (χ1n) is 6.95. The maximum atomic E-state index is 12.1. The van der Waals surface area contributed by atoms with Gasteiger partial charge in [-0.1, -0.05) is 30.3 Å². The number of hydrogen-bond acceptors (Lipinski definition) is 4. The molecule has 1 aromatic carbocycles. The predicted octanol–water partition coefficient (Wildman–Crippen LogP) is 1.59. The number of likely N-dealkylation sites (N-methyl/N-ethyl adjacent to an activating group) is 1. The van der Waals surface area contributed by atoms with Gasteiger partial charge in [0, 0.05) is 19.3 Å². The quantitative estimate of drug-likeness (QED) is 0.590. The highest BCUT2D eigenvalue weighted by atomic mass is 16.3. The molecule has 1 atom stereocenters. The lowest BCUT2D eigenvalue weighted by Gasteiger charge is -2.18. The summed E-state index contributed by atoms with van der Waals surface area (Å²) in [6, 6.07) is 11.3. The van der Waals surface area contributed by atoms with Crippen LogP contribution in [0.3, 0.4) is 0 Å². The first-order valence-corrected chi connectivity index (χ1v) is 6.95. The van der Waals surface area contributed by atoms with Gasteiger partial charge >= 0.3 is 0 Å². The van der Waals surface area contributed by atoms with Crippen LogP contribution in [0.25, 0.3) is 0 Å². The molecule has 5 heteroatoms. The largest absolute Gasteiger partial charge is 0.395 e. The van der Waals surface area contributed by atoms with Crippen LogP contribution in [0.4, 0.5) is 0 Å². The van der Waals surface area contributed by atoms with Crippen molar-refractivity contribution < 1.29 is 9.90 Å². The summed E-state index contributed by atoms with van der Waals surface area (Å²) in [5.74, 6) is -0.412. The molecule has 0 aromatic heterocycles. The Labute approximate surface area is 125 Å². The van der Waals surface area contributed by atoms with Crippen LogP contribution in [0.1, 0.15) is 25.5 Å². The number of aliphatic hydroxyl groups is 1. The molecule has 0 aliphatic heterocycles. The van der Waals surface area contributed by atoms with Crippen molar-refractivity contribution in [3.05, 3.63) is 47.7 Å². The van der Waals surface area contributed by atoms with E-state index in [0.29, 0.717) is 13.1 Å². The summed E-state index contributed by atoms with van der Waals surface area (Å²) in [6.45, 7) is 4.75. The Morgan fingerprint density at radius 3 is 2.67 bits per heavy atom. The third kappa shape index (κ3) is 5.28. The number of nitriles is 1. The molecule has 112 valence electrons. The summed E-state index contributed by atoms with van der Waals surface area (Å²) in [7, 11) is 0. The van der Waals surface area contributed by atoms with E-state index in [1.54, 1.807) is 4.90 Å². The van der Waals surface area contributed by atoms with Gasteiger partial charge < -0.3 is 15.3 Å². The summed E-state index contributed by atoms with van der Waals surface area (Å²) in [4.78, 5) is 13.9. The van der Waals surface area contributed by atoms with E-state index >= 15 is 0 Å². The number of carbonyl (C=O) groups is 1. The van der Waals surface area contributed by atoms with Gasteiger partial charge in [-0.3, -0.25) is 4.79 Å². The predicted molar refractivity (Wildman–Crippen MR) is 81.0 cm³/mol. The van der Waals surface area contributed by atoms with E-state index in [1.165, 1.54) is 6.20 Å². The first-order chi connectivity index (χ1) is 10.1. The molecule has 21 heavy (non-hydrogen) atoms. The van der Waals surface area contributed by atoms with E-state index in [-0.39, 0.29) is 18.2 Å². The van der Waals surface area contributed by atoms with Gasteiger partial charge in [0.25, 0.3) is 5.91 Å². The zero-order chi connectivity index (χ0) is 15.7. The lowest BCUT2D eigenvalue weighted by molar-refractivity contribution is -0.117. The fourth-order valence-electron chi connectivity index (χ4n) is 1.86. The van der Waals surface area contributed by atoms with E-state index < -0.39 is 5.91 Å². The van der Waals surface area contributed by atoms with Gasteiger partial charge in [0.05, 0.1) is 12.6 Å². The Bertz CT molecular complexity index is 520. The van der Waals surface area contributed by atoms with Crippen molar-refractivity contribution in [3.63, 3.8) is 0 Å². The van der Waals surface area contributed by atoms with Crippen LogP contribution in [-0.4, -0.2) is 35.6 Å². The number of amides is 1. The third-order valence-corrected chi connectivity index (χ3v) is 3.12. The van der Waals surface area contributed by atoms with E-state index in [0.717, 1.165) is 5.56 Å². The lowest BCUT2D eigenvalue weighted by atomic mass is 10.1. The minimum Gasteiger partial charge on any atom is -0.395 e. The van der Waals surface area contributed by atoms with Crippen molar-refractivity contribution in [1.29, 1.82) is 5.26 Å². The highest BCUT2D eigenvalue weighted by Gasteiger charge is 2.14. The second-order valence-electron chi connectivity index (χ2n) is 4.61. The third-order valence-electron chi connectivity index (χ3n) is 3.12. The number of nitrogens with one attached hydrogen (secondary N) is 1. The fourth-order valence-corrected chi connectivity index (χ4v) is 1.86. The molecule has 0 fully saturated rings. The minimum absolute atomic E-state index is 0.0227. The van der Waals surface area contributed by atoms with Crippen molar-refractivity contribution in [3.8, 4) is 6.07 Å². The number of hydrogen-bond donors (Lipinski definition) is 2. The number of nitrogens with zero attached hydrogens (tertiary/aromatic N) is 2. The Morgan fingerprint density at radius 1 is 1.48 bits per heavy atom. The highest BCUT2D eigenvalue weighted by Crippen LogP contribution is 2.12. The molecule has 1 rings (SSSR count). The van der Waals surface area contributed by atoms with E-state index in [4.69, 9.17) is 10.4 Å². The molecule has 0 spiro atoms. The summed E-state index contributed by atoms with van der Waals surface area (Å²) in [5.41, 5.74) is 1.01. The van der Waals surface area contributed by atoms with E-state index in [2.05, 4.69) is 5.32 Å². The van der Waals surface area contributed by atoms with Crippen LogP contribution in [0, 0.1) is 11.3 Å². The molecule has 1 unspecified atom stereocenters. The summed E-state index contributed by atoms with van der Waals surface area (Å²) in [6.07, 6.45) is 1.49. The zero-order valence-electron chi connectivity index (χ0n) is 12.4. The van der Waals surface area contributed by atoms with Gasteiger partial charge in [0.1, 0.15) is 11.6 Å². The average Bonchev–Trinajstić information content (AvgIpc) is 2.52. The number of rotatable bonds is 7. The lowest BCUT2D eigenvalue weighted by Crippen LogP contribution is -2.29. The highest BCUT2D eigenvalue weighted by molar-refractivity contribution is 5.97. The second-order valence-corrected chi connectivity index (χ2v) is 4.61. The average molecular weight is 287 g/mol. The van der Waals surface area contributed by atoms with Gasteiger partial charge in [-0.25, -0.2) is 0 Å². The standard InChI is InChI=1S/C16H21N3O2/c1-3-19(9-10-20)12-15(11-17)16(21)18-13(2)14-7-5-4-6-8-14/h4-8,12-13,20H,3,9-10H2,1-2H3,(H,18,21)/b15-12-. The summed E-state index contributed by atoms with van der Waals surface area (Å²) < 4.78 is 0. The molecule has 0 heterocycles. The van der Waals surface area contributed by atoms with Crippen LogP contribution >= 0.6 is 0 Å². The van der Waals surface area contributed by atoms with Gasteiger partial charge in [-0.05, 0) is 19.4 Å². The molecule has 0 saturated heterocycles. The Kier molecular flexibility index (Phi) is 6.99. The van der Waals surface area contributed by atoms with Crippen molar-refractivity contribution in [2.75, 3.05) is 19.7 Å². The minimum atomic E-state index is -0.412. The Hall–Kier alpha value is -2.32. The molecule has 1 amide bonds. The smallest absolute Gasteiger partial charge is 0.263 e. The van der Waals surface area contributed by atoms with E-state index in [1.807, 2.05) is 50.2 Å². The first kappa shape index (κ1) is 16.7. The van der Waals surface area contributed by atoms with Crippen molar-refractivity contribution in [1.82, 2.24) is 10.2 Å². The monoisotopic (exact) mass is 287 g/mol. The maximum Gasteiger partial charge on any atom is 0.263 e. The molecule has 0 aliphatic carbocycles. The van der Waals surface area contributed by atoms with Gasteiger partial charge in [0.2, 0.25) is 0 Å². The Balaban J connectivity index is 2.76. The van der Waals surface area contributed by atoms with Gasteiger partial charge in [-0.15, -0.1) is 0 Å². The van der Waals surface area contributed by atoms with Crippen LogP contribution in [0.5, 0.6) is 0 Å². The fraction of sp³-hybridized carbons (Fsp3) is 0.375. The van der Waals surface area contributed by atoms with E-state index in [9.17, 15) is 4.79 Å². The van der Waals surface area contributed by atoms with Crippen LogP contribution in [0.15, 0.2) is 42.1 Å². The number of carbonyl (C=O) groups excluding carboxylic acids is 1. The number of aliphatic hydroxyl groups excluding tert-OH is 1. The molecular formula is C16H21N3O2. The van der Waals surface area contributed by atoms with Crippen molar-refractivity contribution in [2.24, 2.45) is 0 Å². The molecule has 0 bridgehead atoms. The number of benzene rings is 1. The van der Waals surface area contributed by atoms with Crippen LogP contribution in [0.2, 0.25) is 0 Å². The normalized spacial score (nSPS) is 12.4. The maximum absolute atomic E-state index is 12.1. The molecule has 2 N–H and O–H groups in total. The Morgan fingerprint density at radius 2 is 2.14 bits per heavy atom. The van der Waals surface area contributed by atoms with Crippen LogP contribution < -0.4 is 5.32 Å². The SMILES string of the molecule is CCN(/C=C(/C#N)C(=O)NC(C)c1ccccc1)CCO. The summed E-state index contributed by atoms with van der Waals surface area (Å²) >= 11 is 0. The molecule has 1 aromatic rings. The van der Waals surface area contributed by atoms with Crippen molar-refractivity contribution in [2.45, 2.75) is 19.9 Å². The van der Waals surface area contributed by atoms with Gasteiger partial charge in [0.15, 0.2) is 0 Å². The molecule has 0 radical (unpaired) electrons. The molecular weight excluding hydrogens is 266 g/mol. The molecule has 0 saturated carbocycles. The molecule has 0 aliphatic rings. The van der Waals surface area contributed by atoms with Gasteiger partial charge in [-0.2, -0.15) is 5.26 Å². The van der Waals surface area contributed by atoms with Crippen molar-refractivity contribution >= 4 is 5.91 Å². The zero-order valence-corrected chi connectivity index (χ0v) is 12.4. The summed E-state index contributed by atoms with van der Waals surface area (Å²) in [5, 5.41) is 20.9. The molecule has 5 nitrogen and oxygen atoms in total.